The molecule has 0 spiro atoms. The third-order valence-corrected chi connectivity index (χ3v) is 4.59. The number of nitrogens with zero attached hydrogens (tertiary/aromatic N) is 5. The maximum Gasteiger partial charge on any atom is 0.274 e. The maximum atomic E-state index is 12.4. The normalized spacial score (nSPS) is 15.6. The number of likely N-dealkylation sites (tertiary alicyclic amines) is 1. The highest BCUT2D eigenvalue weighted by molar-refractivity contribution is 5.92. The van der Waals surface area contributed by atoms with Crippen LogP contribution < -0.4 is 5.56 Å². The molecule has 1 amide bonds. The van der Waals surface area contributed by atoms with E-state index >= 15 is 0 Å². The van der Waals surface area contributed by atoms with E-state index in [2.05, 4.69) is 20.3 Å². The SMILES string of the molecule is Cc1cc2nc(C3CCN(C(=O)c4cccnn4)CC3)cc(=O)n2[nH]1. The molecule has 1 saturated heterocycles. The van der Waals surface area contributed by atoms with Crippen LogP contribution >= 0.6 is 0 Å². The largest absolute Gasteiger partial charge is 0.337 e. The molecule has 0 saturated carbocycles. The van der Waals surface area contributed by atoms with Gasteiger partial charge in [-0.3, -0.25) is 14.7 Å². The van der Waals surface area contributed by atoms with Gasteiger partial charge in [-0.15, -0.1) is 5.10 Å². The minimum Gasteiger partial charge on any atom is -0.337 e. The van der Waals surface area contributed by atoms with Crippen molar-refractivity contribution in [1.82, 2.24) is 29.7 Å². The van der Waals surface area contributed by atoms with Gasteiger partial charge in [-0.2, -0.15) is 5.10 Å². The van der Waals surface area contributed by atoms with E-state index in [0.717, 1.165) is 24.2 Å². The Kier molecular flexibility index (Phi) is 3.79. The second-order valence-corrected chi connectivity index (χ2v) is 6.33. The molecule has 1 aliphatic rings. The molecule has 128 valence electrons. The number of H-pyrrole nitrogens is 1. The lowest BCUT2D eigenvalue weighted by Crippen LogP contribution is -2.38. The molecule has 0 radical (unpaired) electrons. The van der Waals surface area contributed by atoms with Crippen LogP contribution in [0.25, 0.3) is 5.65 Å². The molecule has 0 aliphatic carbocycles. The van der Waals surface area contributed by atoms with Gasteiger partial charge in [-0.05, 0) is 31.9 Å². The molecular formula is C17H18N6O2. The average Bonchev–Trinajstić information content (AvgIpc) is 3.03. The molecule has 1 aliphatic heterocycles. The predicted molar refractivity (Wildman–Crippen MR) is 90.5 cm³/mol. The van der Waals surface area contributed by atoms with Crippen molar-refractivity contribution >= 4 is 11.6 Å². The number of aromatic nitrogens is 5. The Labute approximate surface area is 143 Å². The first-order chi connectivity index (χ1) is 12.1. The molecule has 1 fully saturated rings. The van der Waals surface area contributed by atoms with Gasteiger partial charge in [-0.25, -0.2) is 9.50 Å². The molecule has 0 unspecified atom stereocenters. The van der Waals surface area contributed by atoms with Gasteiger partial charge in [0.1, 0.15) is 0 Å². The van der Waals surface area contributed by atoms with Gasteiger partial charge in [0.2, 0.25) is 0 Å². The Morgan fingerprint density at radius 1 is 1.28 bits per heavy atom. The van der Waals surface area contributed by atoms with E-state index < -0.39 is 0 Å². The van der Waals surface area contributed by atoms with Crippen LogP contribution in [0.5, 0.6) is 0 Å². The van der Waals surface area contributed by atoms with Gasteiger partial charge in [0.05, 0.1) is 5.69 Å². The standard InChI is InChI=1S/C17H18N6O2/c1-11-9-15-19-14(10-16(24)23(15)21-11)12-4-7-22(8-5-12)17(25)13-3-2-6-18-20-13/h2-3,6,9-10,12,21H,4-5,7-8H2,1H3. The minimum absolute atomic E-state index is 0.101. The molecule has 4 heterocycles. The molecule has 8 nitrogen and oxygen atoms in total. The van der Waals surface area contributed by atoms with E-state index in [9.17, 15) is 9.59 Å². The lowest BCUT2D eigenvalue weighted by atomic mass is 9.93. The fourth-order valence-electron chi connectivity index (χ4n) is 3.30. The average molecular weight is 338 g/mol. The Morgan fingerprint density at radius 2 is 2.08 bits per heavy atom. The van der Waals surface area contributed by atoms with Crippen LogP contribution in [-0.4, -0.2) is 48.7 Å². The van der Waals surface area contributed by atoms with Crippen LogP contribution in [0, 0.1) is 6.92 Å². The zero-order valence-corrected chi connectivity index (χ0v) is 13.8. The van der Waals surface area contributed by atoms with Crippen molar-refractivity contribution in [3.63, 3.8) is 0 Å². The summed E-state index contributed by atoms with van der Waals surface area (Å²) in [6, 6.07) is 6.83. The highest BCUT2D eigenvalue weighted by Crippen LogP contribution is 2.27. The number of piperidine rings is 1. The number of hydrogen-bond acceptors (Lipinski definition) is 5. The second kappa shape index (κ2) is 6.12. The summed E-state index contributed by atoms with van der Waals surface area (Å²) in [4.78, 5) is 31.0. The predicted octanol–water partition coefficient (Wildman–Crippen LogP) is 1.14. The number of fused-ring (bicyclic) bond motifs is 1. The fraction of sp³-hybridized carbons (Fsp3) is 0.353. The highest BCUT2D eigenvalue weighted by atomic mass is 16.2. The molecule has 0 atom stereocenters. The Balaban J connectivity index is 1.50. The van der Waals surface area contributed by atoms with Crippen LogP contribution in [-0.2, 0) is 0 Å². The van der Waals surface area contributed by atoms with Crippen LogP contribution in [0.4, 0.5) is 0 Å². The number of hydrogen-bond donors (Lipinski definition) is 1. The summed E-state index contributed by atoms with van der Waals surface area (Å²) in [5.74, 6) is 0.0788. The number of carbonyl (C=O) groups is 1. The maximum absolute atomic E-state index is 12.4. The van der Waals surface area contributed by atoms with Crippen LogP contribution in [0.2, 0.25) is 0 Å². The van der Waals surface area contributed by atoms with Crippen LogP contribution in [0.1, 0.15) is 40.6 Å². The first-order valence-electron chi connectivity index (χ1n) is 8.28. The number of carbonyl (C=O) groups excluding carboxylic acids is 1. The number of nitrogens with one attached hydrogen (secondary N) is 1. The molecule has 3 aromatic rings. The van der Waals surface area contributed by atoms with Crippen molar-refractivity contribution < 1.29 is 4.79 Å². The van der Waals surface area contributed by atoms with Crippen molar-refractivity contribution in [2.24, 2.45) is 0 Å². The molecule has 1 N–H and O–H groups in total. The Hall–Kier alpha value is -3.03. The highest BCUT2D eigenvalue weighted by Gasteiger charge is 2.26. The second-order valence-electron chi connectivity index (χ2n) is 6.33. The van der Waals surface area contributed by atoms with Crippen molar-refractivity contribution in [1.29, 1.82) is 0 Å². The van der Waals surface area contributed by atoms with Gasteiger partial charge in [0.25, 0.3) is 11.5 Å². The van der Waals surface area contributed by atoms with E-state index in [1.165, 1.54) is 4.52 Å². The summed E-state index contributed by atoms with van der Waals surface area (Å²) in [6.07, 6.45) is 3.10. The lowest BCUT2D eigenvalue weighted by molar-refractivity contribution is 0.0705. The van der Waals surface area contributed by atoms with Crippen molar-refractivity contribution in [2.45, 2.75) is 25.7 Å². The molecule has 25 heavy (non-hydrogen) atoms. The monoisotopic (exact) mass is 338 g/mol. The van der Waals surface area contributed by atoms with Gasteiger partial charge in [0.15, 0.2) is 11.3 Å². The van der Waals surface area contributed by atoms with Crippen molar-refractivity contribution in [2.75, 3.05) is 13.1 Å². The van der Waals surface area contributed by atoms with Crippen molar-refractivity contribution in [3.8, 4) is 0 Å². The van der Waals surface area contributed by atoms with Gasteiger partial charge >= 0.3 is 0 Å². The summed E-state index contributed by atoms with van der Waals surface area (Å²) < 4.78 is 1.45. The van der Waals surface area contributed by atoms with E-state index in [4.69, 9.17) is 0 Å². The summed E-state index contributed by atoms with van der Waals surface area (Å²) in [7, 11) is 0. The third-order valence-electron chi connectivity index (χ3n) is 4.59. The molecule has 8 heteroatoms. The van der Waals surface area contributed by atoms with E-state index in [1.54, 1.807) is 29.3 Å². The number of rotatable bonds is 2. The van der Waals surface area contributed by atoms with Crippen molar-refractivity contribution in [3.05, 3.63) is 57.9 Å². The summed E-state index contributed by atoms with van der Waals surface area (Å²) in [5.41, 5.74) is 2.59. The molecule has 0 bridgehead atoms. The fourth-order valence-corrected chi connectivity index (χ4v) is 3.30. The molecule has 4 rings (SSSR count). The quantitative estimate of drug-likeness (QED) is 0.756. The van der Waals surface area contributed by atoms with E-state index in [1.807, 2.05) is 13.0 Å². The first kappa shape index (κ1) is 15.5. The topological polar surface area (TPSA) is 96.2 Å². The summed E-state index contributed by atoms with van der Waals surface area (Å²) >= 11 is 0. The van der Waals surface area contributed by atoms with Gasteiger partial charge in [-0.1, -0.05) is 0 Å². The van der Waals surface area contributed by atoms with E-state index in [-0.39, 0.29) is 17.4 Å². The van der Waals surface area contributed by atoms with Crippen LogP contribution in [0.3, 0.4) is 0 Å². The zero-order valence-electron chi connectivity index (χ0n) is 13.8. The number of amides is 1. The van der Waals surface area contributed by atoms with Crippen LogP contribution in [0.15, 0.2) is 35.3 Å². The molecule has 0 aromatic carbocycles. The summed E-state index contributed by atoms with van der Waals surface area (Å²) in [5, 5.41) is 10.6. The smallest absolute Gasteiger partial charge is 0.274 e. The van der Waals surface area contributed by atoms with Gasteiger partial charge < -0.3 is 4.90 Å². The summed E-state index contributed by atoms with van der Waals surface area (Å²) in [6.45, 7) is 3.13. The molecular weight excluding hydrogens is 320 g/mol. The zero-order chi connectivity index (χ0) is 17.4. The molecule has 3 aromatic heterocycles. The Morgan fingerprint density at radius 3 is 2.80 bits per heavy atom. The third kappa shape index (κ3) is 2.90. The number of aryl methyl sites for hydroxylation is 1. The van der Waals surface area contributed by atoms with Gasteiger partial charge in [0, 0.05) is 43.0 Å². The minimum atomic E-state index is -0.105. The lowest BCUT2D eigenvalue weighted by Gasteiger charge is -2.31. The number of aromatic amines is 1. The van der Waals surface area contributed by atoms with E-state index in [0.29, 0.717) is 24.4 Å². The Bertz CT molecular complexity index is 970. The first-order valence-corrected chi connectivity index (χ1v) is 8.28.